The Balaban J connectivity index is 1.47. The van der Waals surface area contributed by atoms with Gasteiger partial charge in [0, 0.05) is 45.8 Å². The molecule has 1 aromatic rings. The molecule has 2 heterocycles. The highest BCUT2D eigenvalue weighted by molar-refractivity contribution is 5.85. The number of hydrogen-bond acceptors (Lipinski definition) is 3. The third-order valence-electron chi connectivity index (χ3n) is 4.99. The molecule has 0 aromatic heterocycles. The largest absolute Gasteiger partial charge is 0.339 e. The molecule has 0 N–H and O–H groups in total. The average molecular weight is 344 g/mol. The number of hydrogen-bond donors (Lipinski definition) is 0. The molecular formula is C19H28N4O2. The Morgan fingerprint density at radius 2 is 1.64 bits per heavy atom. The van der Waals surface area contributed by atoms with Gasteiger partial charge in [-0.05, 0) is 18.5 Å². The average Bonchev–Trinajstić information content (AvgIpc) is 2.97. The number of benzene rings is 1. The van der Waals surface area contributed by atoms with Gasteiger partial charge in [0.05, 0.1) is 0 Å². The minimum atomic E-state index is -0.0261. The van der Waals surface area contributed by atoms with E-state index in [-0.39, 0.29) is 18.5 Å². The molecule has 6 heteroatoms. The molecule has 0 spiro atoms. The highest BCUT2D eigenvalue weighted by atomic mass is 16.2. The highest BCUT2D eigenvalue weighted by Gasteiger charge is 2.31. The van der Waals surface area contributed by atoms with Gasteiger partial charge in [0.1, 0.15) is 6.54 Å². The van der Waals surface area contributed by atoms with Gasteiger partial charge < -0.3 is 14.7 Å². The van der Waals surface area contributed by atoms with Crippen molar-refractivity contribution >= 4 is 11.9 Å². The van der Waals surface area contributed by atoms with Crippen LogP contribution in [0.15, 0.2) is 30.3 Å². The van der Waals surface area contributed by atoms with Gasteiger partial charge in [0.2, 0.25) is 5.91 Å². The molecule has 2 aliphatic heterocycles. The normalized spacial score (nSPS) is 18.9. The molecule has 3 rings (SSSR count). The zero-order valence-corrected chi connectivity index (χ0v) is 15.1. The van der Waals surface area contributed by atoms with E-state index in [0.717, 1.165) is 44.7 Å². The second kappa shape index (κ2) is 8.34. The van der Waals surface area contributed by atoms with Crippen LogP contribution in [0.4, 0.5) is 4.79 Å². The maximum Gasteiger partial charge on any atom is 0.320 e. The van der Waals surface area contributed by atoms with Crippen LogP contribution in [0.25, 0.3) is 0 Å². The van der Waals surface area contributed by atoms with E-state index in [0.29, 0.717) is 19.6 Å². The molecule has 1 aromatic carbocycles. The fourth-order valence-corrected chi connectivity index (χ4v) is 3.53. The Kier molecular flexibility index (Phi) is 5.91. The Bertz CT molecular complexity index is 584. The Hall–Kier alpha value is -2.08. The van der Waals surface area contributed by atoms with E-state index in [1.54, 1.807) is 4.90 Å². The SMILES string of the molecule is CCCN1CCN(C(=O)CN2CCN(Cc3ccccc3)C2=O)CC1. The lowest BCUT2D eigenvalue weighted by Crippen LogP contribution is -2.51. The van der Waals surface area contributed by atoms with Crippen molar-refractivity contribution in [3.8, 4) is 0 Å². The molecule has 25 heavy (non-hydrogen) atoms. The standard InChI is InChI=1S/C19H28N4O2/c1-2-8-20-9-11-21(12-10-20)18(24)16-23-14-13-22(19(23)25)15-17-6-4-3-5-7-17/h3-7H,2,8-16H2,1H3. The lowest BCUT2D eigenvalue weighted by Gasteiger charge is -2.35. The summed E-state index contributed by atoms with van der Waals surface area (Å²) in [7, 11) is 0. The molecule has 0 saturated carbocycles. The van der Waals surface area contributed by atoms with Crippen molar-refractivity contribution in [2.45, 2.75) is 19.9 Å². The Labute approximate surface area is 150 Å². The van der Waals surface area contributed by atoms with Crippen molar-refractivity contribution < 1.29 is 9.59 Å². The van der Waals surface area contributed by atoms with Crippen molar-refractivity contribution in [1.29, 1.82) is 0 Å². The monoisotopic (exact) mass is 344 g/mol. The molecule has 0 unspecified atom stereocenters. The van der Waals surface area contributed by atoms with Crippen LogP contribution in [0.3, 0.4) is 0 Å². The fraction of sp³-hybridized carbons (Fsp3) is 0.579. The predicted octanol–water partition coefficient (Wildman–Crippen LogP) is 1.48. The maximum atomic E-state index is 12.5. The molecule has 136 valence electrons. The number of carbonyl (C=O) groups excluding carboxylic acids is 2. The van der Waals surface area contributed by atoms with E-state index in [4.69, 9.17) is 0 Å². The molecule has 0 aliphatic carbocycles. The summed E-state index contributed by atoms with van der Waals surface area (Å²) < 4.78 is 0. The molecule has 0 radical (unpaired) electrons. The maximum absolute atomic E-state index is 12.5. The van der Waals surface area contributed by atoms with Gasteiger partial charge in [0.15, 0.2) is 0 Å². The minimum Gasteiger partial charge on any atom is -0.339 e. The number of urea groups is 1. The van der Waals surface area contributed by atoms with Crippen LogP contribution in [0, 0.1) is 0 Å². The van der Waals surface area contributed by atoms with E-state index in [2.05, 4.69) is 11.8 Å². The van der Waals surface area contributed by atoms with Crippen LogP contribution >= 0.6 is 0 Å². The van der Waals surface area contributed by atoms with Crippen LogP contribution in [0.1, 0.15) is 18.9 Å². The van der Waals surface area contributed by atoms with E-state index >= 15 is 0 Å². The van der Waals surface area contributed by atoms with Crippen LogP contribution in [-0.4, -0.2) is 83.9 Å². The number of carbonyl (C=O) groups is 2. The summed E-state index contributed by atoms with van der Waals surface area (Å²) in [4.78, 5) is 32.9. The molecule has 6 nitrogen and oxygen atoms in total. The minimum absolute atomic E-state index is 0.0261. The van der Waals surface area contributed by atoms with Gasteiger partial charge >= 0.3 is 6.03 Å². The van der Waals surface area contributed by atoms with Gasteiger partial charge in [-0.3, -0.25) is 9.69 Å². The quantitative estimate of drug-likeness (QED) is 0.785. The highest BCUT2D eigenvalue weighted by Crippen LogP contribution is 2.14. The molecule has 2 aliphatic rings. The van der Waals surface area contributed by atoms with Crippen molar-refractivity contribution in [3.63, 3.8) is 0 Å². The summed E-state index contributed by atoms with van der Waals surface area (Å²) in [6.45, 7) is 8.83. The van der Waals surface area contributed by atoms with Gasteiger partial charge in [-0.25, -0.2) is 4.79 Å². The molecule has 2 saturated heterocycles. The van der Waals surface area contributed by atoms with E-state index < -0.39 is 0 Å². The summed E-state index contributed by atoms with van der Waals surface area (Å²) in [5, 5.41) is 0. The summed E-state index contributed by atoms with van der Waals surface area (Å²) in [6, 6.07) is 9.96. The molecule has 0 atom stereocenters. The first kappa shape index (κ1) is 17.7. The predicted molar refractivity (Wildman–Crippen MR) is 97.1 cm³/mol. The lowest BCUT2D eigenvalue weighted by molar-refractivity contribution is -0.133. The molecule has 2 fully saturated rings. The van der Waals surface area contributed by atoms with Gasteiger partial charge in [-0.2, -0.15) is 0 Å². The van der Waals surface area contributed by atoms with Crippen LogP contribution in [-0.2, 0) is 11.3 Å². The first-order chi connectivity index (χ1) is 12.2. The summed E-state index contributed by atoms with van der Waals surface area (Å²) in [6.07, 6.45) is 1.15. The fourth-order valence-electron chi connectivity index (χ4n) is 3.53. The smallest absolute Gasteiger partial charge is 0.320 e. The summed E-state index contributed by atoms with van der Waals surface area (Å²) >= 11 is 0. The van der Waals surface area contributed by atoms with E-state index in [1.165, 1.54) is 0 Å². The molecule has 0 bridgehead atoms. The first-order valence-electron chi connectivity index (χ1n) is 9.25. The lowest BCUT2D eigenvalue weighted by atomic mass is 10.2. The first-order valence-corrected chi connectivity index (χ1v) is 9.25. The van der Waals surface area contributed by atoms with Gasteiger partial charge in [-0.1, -0.05) is 37.3 Å². The number of piperazine rings is 1. The topological polar surface area (TPSA) is 47.1 Å². The van der Waals surface area contributed by atoms with Crippen LogP contribution in [0.5, 0.6) is 0 Å². The zero-order valence-electron chi connectivity index (χ0n) is 15.1. The van der Waals surface area contributed by atoms with Crippen molar-refractivity contribution in [2.24, 2.45) is 0 Å². The summed E-state index contributed by atoms with van der Waals surface area (Å²) in [5.41, 5.74) is 1.12. The van der Waals surface area contributed by atoms with E-state index in [1.807, 2.05) is 40.1 Å². The van der Waals surface area contributed by atoms with Crippen molar-refractivity contribution in [1.82, 2.24) is 19.6 Å². The molecule has 3 amide bonds. The molecular weight excluding hydrogens is 316 g/mol. The third-order valence-corrected chi connectivity index (χ3v) is 4.99. The number of nitrogens with zero attached hydrogens (tertiary/aromatic N) is 4. The van der Waals surface area contributed by atoms with Crippen LogP contribution < -0.4 is 0 Å². The van der Waals surface area contributed by atoms with Gasteiger partial charge in [0.25, 0.3) is 0 Å². The number of amides is 3. The van der Waals surface area contributed by atoms with Crippen LogP contribution in [0.2, 0.25) is 0 Å². The third kappa shape index (κ3) is 4.51. The van der Waals surface area contributed by atoms with Gasteiger partial charge in [-0.15, -0.1) is 0 Å². The second-order valence-corrected chi connectivity index (χ2v) is 6.83. The van der Waals surface area contributed by atoms with Crippen molar-refractivity contribution in [2.75, 3.05) is 52.4 Å². The Morgan fingerprint density at radius 3 is 2.32 bits per heavy atom. The second-order valence-electron chi connectivity index (χ2n) is 6.83. The van der Waals surface area contributed by atoms with Crippen molar-refractivity contribution in [3.05, 3.63) is 35.9 Å². The summed E-state index contributed by atoms with van der Waals surface area (Å²) in [5.74, 6) is 0.0751. The zero-order chi connectivity index (χ0) is 17.6. The number of rotatable bonds is 6. The Morgan fingerprint density at radius 1 is 0.960 bits per heavy atom. The van der Waals surface area contributed by atoms with E-state index in [9.17, 15) is 9.59 Å².